The summed E-state index contributed by atoms with van der Waals surface area (Å²) in [5.41, 5.74) is 1.85. The Morgan fingerprint density at radius 2 is 2.41 bits per heavy atom. The molecule has 1 saturated heterocycles. The molecule has 1 fully saturated rings. The van der Waals surface area contributed by atoms with Gasteiger partial charge in [-0.25, -0.2) is 0 Å². The van der Waals surface area contributed by atoms with Crippen LogP contribution in [-0.2, 0) is 18.9 Å². The van der Waals surface area contributed by atoms with Crippen molar-refractivity contribution < 1.29 is 23.9 Å². The van der Waals surface area contributed by atoms with Gasteiger partial charge in [0.1, 0.15) is 6.23 Å². The average molecular weight is 305 g/mol. The first-order valence-electron chi connectivity index (χ1n) is 7.73. The molecule has 1 N–H and O–H groups in total. The molecular formula is C15H20BNO5. The van der Waals surface area contributed by atoms with Crippen molar-refractivity contribution in [2.75, 3.05) is 13.2 Å². The lowest BCUT2D eigenvalue weighted by molar-refractivity contribution is -0.146. The van der Waals surface area contributed by atoms with Crippen molar-refractivity contribution in [1.29, 1.82) is 0 Å². The van der Waals surface area contributed by atoms with Crippen LogP contribution in [0.25, 0.3) is 0 Å². The summed E-state index contributed by atoms with van der Waals surface area (Å²) in [4.78, 5) is 16.0. The highest BCUT2D eigenvalue weighted by Crippen LogP contribution is 2.29. The largest absolute Gasteiger partial charge is 0.491 e. The Morgan fingerprint density at radius 1 is 1.55 bits per heavy atom. The molecule has 22 heavy (non-hydrogen) atoms. The Kier molecular flexibility index (Phi) is 4.76. The third-order valence-electron chi connectivity index (χ3n) is 4.07. The molecule has 3 unspecified atom stereocenters. The summed E-state index contributed by atoms with van der Waals surface area (Å²) in [6.45, 7) is 2.61. The van der Waals surface area contributed by atoms with E-state index in [9.17, 15) is 9.82 Å². The molecule has 7 heteroatoms. The highest BCUT2D eigenvalue weighted by atomic mass is 16.5. The van der Waals surface area contributed by atoms with E-state index in [-0.39, 0.29) is 24.2 Å². The number of hydrogen-bond donors (Lipinski definition) is 1. The van der Waals surface area contributed by atoms with Gasteiger partial charge in [-0.05, 0) is 37.2 Å². The van der Waals surface area contributed by atoms with E-state index < -0.39 is 7.12 Å². The van der Waals surface area contributed by atoms with Crippen molar-refractivity contribution in [2.45, 2.75) is 38.5 Å². The maximum Gasteiger partial charge on any atom is 0.491 e. The first-order chi connectivity index (χ1) is 10.7. The van der Waals surface area contributed by atoms with E-state index in [4.69, 9.17) is 14.1 Å². The summed E-state index contributed by atoms with van der Waals surface area (Å²) in [7, 11) is -0.801. The van der Waals surface area contributed by atoms with E-state index >= 15 is 0 Å². The summed E-state index contributed by atoms with van der Waals surface area (Å²) in [6, 6.07) is 0. The van der Waals surface area contributed by atoms with Gasteiger partial charge in [-0.2, -0.15) is 0 Å². The minimum Gasteiger partial charge on any atom is -0.465 e. The van der Waals surface area contributed by atoms with Gasteiger partial charge in [-0.15, -0.1) is 0 Å². The van der Waals surface area contributed by atoms with E-state index in [0.29, 0.717) is 32.5 Å². The Labute approximate surface area is 130 Å². The van der Waals surface area contributed by atoms with Crippen molar-refractivity contribution in [2.24, 2.45) is 10.9 Å². The lowest BCUT2D eigenvalue weighted by Crippen LogP contribution is -2.29. The molecule has 3 aliphatic rings. The number of nitrogens with zero attached hydrogens (tertiary/aromatic N) is 1. The third-order valence-corrected chi connectivity index (χ3v) is 4.07. The second-order valence-electron chi connectivity index (χ2n) is 5.61. The highest BCUT2D eigenvalue weighted by molar-refractivity contribution is 6.55. The molecule has 3 rings (SSSR count). The number of carbonyl (C=O) groups excluding carboxylic acids is 1. The fraction of sp³-hybridized carbons (Fsp3) is 0.600. The van der Waals surface area contributed by atoms with Gasteiger partial charge in [0.15, 0.2) is 0 Å². The van der Waals surface area contributed by atoms with Crippen molar-refractivity contribution in [3.05, 3.63) is 23.2 Å². The number of esters is 1. The lowest BCUT2D eigenvalue weighted by Gasteiger charge is -2.26. The van der Waals surface area contributed by atoms with E-state index in [2.05, 4.69) is 4.99 Å². The summed E-state index contributed by atoms with van der Waals surface area (Å²) < 4.78 is 16.1. The van der Waals surface area contributed by atoms with Crippen LogP contribution in [0.2, 0.25) is 0 Å². The maximum absolute atomic E-state index is 11.6. The Morgan fingerprint density at radius 3 is 3.14 bits per heavy atom. The molecule has 0 amide bonds. The van der Waals surface area contributed by atoms with E-state index in [0.717, 1.165) is 11.0 Å². The van der Waals surface area contributed by atoms with Crippen LogP contribution < -0.4 is 0 Å². The van der Waals surface area contributed by atoms with E-state index in [1.165, 1.54) is 0 Å². The average Bonchev–Trinajstić information content (AvgIpc) is 2.89. The minimum atomic E-state index is -0.801. The van der Waals surface area contributed by atoms with Crippen LogP contribution in [0.3, 0.4) is 0 Å². The lowest BCUT2D eigenvalue weighted by atomic mass is 9.75. The standard InChI is InChI=1S/C15H20BNO5/c1-2-20-15(18)10-3-6-14(17-8-10)22-12-4-5-13-11(7-12)9-21-16(13)19/h5,7-8,10,12,14,19H,2-4,6,9H2,1H3. The number of aliphatic imine (C=N–C) groups is 1. The van der Waals surface area contributed by atoms with Crippen LogP contribution in [0.15, 0.2) is 28.2 Å². The molecule has 0 aromatic rings. The predicted octanol–water partition coefficient (Wildman–Crippen LogP) is 1.05. The Bertz CT molecular complexity index is 530. The number of rotatable bonds is 4. The molecule has 6 nitrogen and oxygen atoms in total. The molecule has 0 saturated carbocycles. The topological polar surface area (TPSA) is 77.4 Å². The minimum absolute atomic E-state index is 0.0612. The number of fused-ring (bicyclic) bond motifs is 1. The summed E-state index contributed by atoms with van der Waals surface area (Å²) >= 11 is 0. The predicted molar refractivity (Wildman–Crippen MR) is 81.2 cm³/mol. The monoisotopic (exact) mass is 305 g/mol. The molecule has 2 aliphatic heterocycles. The fourth-order valence-electron chi connectivity index (χ4n) is 2.91. The van der Waals surface area contributed by atoms with Crippen molar-refractivity contribution in [3.63, 3.8) is 0 Å². The molecule has 0 bridgehead atoms. The van der Waals surface area contributed by atoms with Crippen LogP contribution in [0.5, 0.6) is 0 Å². The van der Waals surface area contributed by atoms with Gasteiger partial charge in [0, 0.05) is 6.21 Å². The second-order valence-corrected chi connectivity index (χ2v) is 5.61. The van der Waals surface area contributed by atoms with Gasteiger partial charge < -0.3 is 19.2 Å². The molecule has 0 radical (unpaired) electrons. The normalized spacial score (nSPS) is 30.6. The van der Waals surface area contributed by atoms with Gasteiger partial charge >= 0.3 is 13.1 Å². The van der Waals surface area contributed by atoms with Gasteiger partial charge in [0.05, 0.1) is 25.2 Å². The zero-order valence-electron chi connectivity index (χ0n) is 12.6. The number of hydrogen-bond acceptors (Lipinski definition) is 6. The second kappa shape index (κ2) is 6.77. The van der Waals surface area contributed by atoms with Crippen molar-refractivity contribution in [3.8, 4) is 0 Å². The molecule has 2 heterocycles. The van der Waals surface area contributed by atoms with Crippen LogP contribution >= 0.6 is 0 Å². The molecule has 3 atom stereocenters. The summed E-state index contributed by atoms with van der Waals surface area (Å²) in [6.07, 6.45) is 7.42. The summed E-state index contributed by atoms with van der Waals surface area (Å²) in [5, 5.41) is 9.62. The van der Waals surface area contributed by atoms with Crippen molar-refractivity contribution in [1.82, 2.24) is 0 Å². The van der Waals surface area contributed by atoms with Gasteiger partial charge in [0.2, 0.25) is 0 Å². The smallest absolute Gasteiger partial charge is 0.465 e. The van der Waals surface area contributed by atoms with Crippen LogP contribution in [0.4, 0.5) is 0 Å². The van der Waals surface area contributed by atoms with Crippen molar-refractivity contribution >= 4 is 19.3 Å². The zero-order chi connectivity index (χ0) is 15.5. The third kappa shape index (κ3) is 3.32. The molecule has 118 valence electrons. The molecular weight excluding hydrogens is 285 g/mol. The van der Waals surface area contributed by atoms with E-state index in [1.807, 2.05) is 12.2 Å². The zero-order valence-corrected chi connectivity index (χ0v) is 12.6. The van der Waals surface area contributed by atoms with Gasteiger partial charge in [-0.1, -0.05) is 12.2 Å². The molecule has 0 aromatic carbocycles. The fourth-order valence-corrected chi connectivity index (χ4v) is 2.91. The first-order valence-corrected chi connectivity index (χ1v) is 7.73. The van der Waals surface area contributed by atoms with Crippen LogP contribution in [-0.4, -0.2) is 49.9 Å². The molecule has 1 aliphatic carbocycles. The SMILES string of the molecule is CCOC(=O)C1C=NC(OC2C=C3COB(O)C3=CC2)CC1. The Balaban J connectivity index is 1.53. The number of carbonyl (C=O) groups is 1. The van der Waals surface area contributed by atoms with Gasteiger partial charge in [-0.3, -0.25) is 9.79 Å². The molecule has 0 spiro atoms. The quantitative estimate of drug-likeness (QED) is 0.620. The maximum atomic E-state index is 11.6. The van der Waals surface area contributed by atoms with E-state index in [1.54, 1.807) is 13.1 Å². The molecule has 0 aromatic heterocycles. The highest BCUT2D eigenvalue weighted by Gasteiger charge is 2.34. The van der Waals surface area contributed by atoms with Crippen LogP contribution in [0.1, 0.15) is 26.2 Å². The first kappa shape index (κ1) is 15.5. The summed E-state index contributed by atoms with van der Waals surface area (Å²) in [5.74, 6) is -0.469. The Hall–Kier alpha value is -1.44. The number of ether oxygens (including phenoxy) is 2. The van der Waals surface area contributed by atoms with Crippen LogP contribution in [0, 0.1) is 5.92 Å². The van der Waals surface area contributed by atoms with Gasteiger partial charge in [0.25, 0.3) is 0 Å².